The molecule has 0 spiro atoms. The lowest BCUT2D eigenvalue weighted by Crippen LogP contribution is -1.88. The minimum Gasteiger partial charge on any atom is -0.439 e. The average molecular weight is 199 g/mol. The Kier molecular flexibility index (Phi) is 2.98. The third kappa shape index (κ3) is 2.56. The van der Waals surface area contributed by atoms with E-state index >= 15 is 0 Å². The van der Waals surface area contributed by atoms with Gasteiger partial charge in [0.05, 0.1) is 0 Å². The molecule has 76 valence electrons. The summed E-state index contributed by atoms with van der Waals surface area (Å²) in [5.41, 5.74) is 1.27. The molecule has 2 nitrogen and oxygen atoms in total. The molecule has 15 heavy (non-hydrogen) atoms. The van der Waals surface area contributed by atoms with Gasteiger partial charge < -0.3 is 4.74 Å². The second kappa shape index (κ2) is 4.60. The Morgan fingerprint density at radius 3 is 2.80 bits per heavy atom. The molecular weight excluding hydrogens is 186 g/mol. The summed E-state index contributed by atoms with van der Waals surface area (Å²) in [6, 6.07) is 13.7. The Morgan fingerprint density at radius 2 is 2.07 bits per heavy atom. The van der Waals surface area contributed by atoms with E-state index in [1.54, 1.807) is 6.20 Å². The van der Waals surface area contributed by atoms with Crippen molar-refractivity contribution in [3.8, 4) is 11.6 Å². The van der Waals surface area contributed by atoms with E-state index < -0.39 is 0 Å². The van der Waals surface area contributed by atoms with Crippen LogP contribution in [0.1, 0.15) is 12.5 Å². The van der Waals surface area contributed by atoms with Crippen LogP contribution in [-0.4, -0.2) is 4.98 Å². The van der Waals surface area contributed by atoms with Crippen LogP contribution in [-0.2, 0) is 6.42 Å². The highest BCUT2D eigenvalue weighted by molar-refractivity contribution is 5.31. The predicted octanol–water partition coefficient (Wildman–Crippen LogP) is 3.44. The van der Waals surface area contributed by atoms with Crippen LogP contribution in [0.25, 0.3) is 0 Å². The van der Waals surface area contributed by atoms with Gasteiger partial charge in [-0.05, 0) is 30.2 Å². The summed E-state index contributed by atoms with van der Waals surface area (Å²) < 4.78 is 5.61. The van der Waals surface area contributed by atoms with E-state index in [0.29, 0.717) is 5.88 Å². The van der Waals surface area contributed by atoms with Crippen molar-refractivity contribution < 1.29 is 4.74 Å². The molecule has 1 aromatic carbocycles. The fraction of sp³-hybridized carbons (Fsp3) is 0.154. The first-order chi connectivity index (χ1) is 7.38. The molecule has 0 fully saturated rings. The number of hydrogen-bond donors (Lipinski definition) is 0. The highest BCUT2D eigenvalue weighted by Crippen LogP contribution is 2.19. The van der Waals surface area contributed by atoms with E-state index in [9.17, 15) is 0 Å². The summed E-state index contributed by atoms with van der Waals surface area (Å²) in [5.74, 6) is 1.47. The van der Waals surface area contributed by atoms with Gasteiger partial charge in [-0.2, -0.15) is 0 Å². The highest BCUT2D eigenvalue weighted by Gasteiger charge is 1.97. The quantitative estimate of drug-likeness (QED) is 0.755. The number of aryl methyl sites for hydroxylation is 1. The fourth-order valence-electron chi connectivity index (χ4n) is 1.36. The molecule has 2 rings (SSSR count). The smallest absolute Gasteiger partial charge is 0.219 e. The van der Waals surface area contributed by atoms with Crippen LogP contribution in [0.4, 0.5) is 0 Å². The standard InChI is InChI=1S/C13H13NO/c1-2-11-6-5-7-12(10-11)15-13-8-3-4-9-14-13/h3-10H,2H2,1H3. The van der Waals surface area contributed by atoms with E-state index in [-0.39, 0.29) is 0 Å². The van der Waals surface area contributed by atoms with E-state index in [4.69, 9.17) is 4.74 Å². The van der Waals surface area contributed by atoms with Crippen LogP contribution in [0.5, 0.6) is 11.6 Å². The monoisotopic (exact) mass is 199 g/mol. The summed E-state index contributed by atoms with van der Waals surface area (Å²) in [4.78, 5) is 4.11. The van der Waals surface area contributed by atoms with Crippen LogP contribution in [0.15, 0.2) is 48.7 Å². The van der Waals surface area contributed by atoms with Gasteiger partial charge in [0.25, 0.3) is 0 Å². The lowest BCUT2D eigenvalue weighted by molar-refractivity contribution is 0.462. The Hall–Kier alpha value is -1.83. The van der Waals surface area contributed by atoms with Gasteiger partial charge in [0.1, 0.15) is 5.75 Å². The second-order valence-corrected chi connectivity index (χ2v) is 3.27. The minimum absolute atomic E-state index is 0.630. The molecule has 0 aliphatic carbocycles. The summed E-state index contributed by atoms with van der Waals surface area (Å²) in [7, 11) is 0. The topological polar surface area (TPSA) is 22.1 Å². The first kappa shape index (κ1) is 9.71. The van der Waals surface area contributed by atoms with E-state index in [2.05, 4.69) is 18.0 Å². The maximum atomic E-state index is 5.61. The van der Waals surface area contributed by atoms with Crippen molar-refractivity contribution in [3.63, 3.8) is 0 Å². The molecule has 0 saturated heterocycles. The summed E-state index contributed by atoms with van der Waals surface area (Å²) in [5, 5.41) is 0. The molecule has 0 unspecified atom stereocenters. The lowest BCUT2D eigenvalue weighted by Gasteiger charge is -2.05. The molecule has 0 amide bonds. The van der Waals surface area contributed by atoms with Gasteiger partial charge in [-0.25, -0.2) is 4.98 Å². The second-order valence-electron chi connectivity index (χ2n) is 3.27. The fourth-order valence-corrected chi connectivity index (χ4v) is 1.36. The van der Waals surface area contributed by atoms with Crippen molar-refractivity contribution >= 4 is 0 Å². The van der Waals surface area contributed by atoms with Crippen molar-refractivity contribution in [1.29, 1.82) is 0 Å². The van der Waals surface area contributed by atoms with Crippen LogP contribution >= 0.6 is 0 Å². The van der Waals surface area contributed by atoms with Gasteiger partial charge in [0.2, 0.25) is 5.88 Å². The molecule has 0 atom stereocenters. The molecule has 0 N–H and O–H groups in total. The molecule has 0 aliphatic heterocycles. The molecule has 0 bridgehead atoms. The third-order valence-electron chi connectivity index (χ3n) is 2.17. The van der Waals surface area contributed by atoms with Gasteiger partial charge in [-0.1, -0.05) is 25.1 Å². The first-order valence-electron chi connectivity index (χ1n) is 5.06. The Labute approximate surface area is 89.6 Å². The number of nitrogens with zero attached hydrogens (tertiary/aromatic N) is 1. The van der Waals surface area contributed by atoms with Crippen LogP contribution < -0.4 is 4.74 Å². The molecule has 0 saturated carbocycles. The normalized spacial score (nSPS) is 9.93. The van der Waals surface area contributed by atoms with Crippen molar-refractivity contribution in [2.24, 2.45) is 0 Å². The zero-order valence-corrected chi connectivity index (χ0v) is 8.68. The Bertz CT molecular complexity index is 426. The predicted molar refractivity (Wildman–Crippen MR) is 60.1 cm³/mol. The van der Waals surface area contributed by atoms with Gasteiger partial charge in [0, 0.05) is 12.3 Å². The molecule has 2 heteroatoms. The average Bonchev–Trinajstić information content (AvgIpc) is 2.31. The van der Waals surface area contributed by atoms with Gasteiger partial charge in [-0.3, -0.25) is 0 Å². The Morgan fingerprint density at radius 1 is 1.13 bits per heavy atom. The van der Waals surface area contributed by atoms with Gasteiger partial charge >= 0.3 is 0 Å². The summed E-state index contributed by atoms with van der Waals surface area (Å²) >= 11 is 0. The molecule has 0 radical (unpaired) electrons. The van der Waals surface area contributed by atoms with Crippen molar-refractivity contribution in [1.82, 2.24) is 4.98 Å². The Balaban J connectivity index is 2.17. The first-order valence-corrected chi connectivity index (χ1v) is 5.06. The maximum Gasteiger partial charge on any atom is 0.219 e. The summed E-state index contributed by atoms with van der Waals surface area (Å²) in [6.45, 7) is 2.12. The van der Waals surface area contributed by atoms with Crippen molar-refractivity contribution in [2.45, 2.75) is 13.3 Å². The molecule has 1 aromatic heterocycles. The summed E-state index contributed by atoms with van der Waals surface area (Å²) in [6.07, 6.45) is 2.73. The molecule has 2 aromatic rings. The van der Waals surface area contributed by atoms with E-state index in [0.717, 1.165) is 12.2 Å². The minimum atomic E-state index is 0.630. The number of pyridine rings is 1. The zero-order chi connectivity index (χ0) is 10.5. The number of hydrogen-bond acceptors (Lipinski definition) is 2. The van der Waals surface area contributed by atoms with E-state index in [1.807, 2.05) is 36.4 Å². The SMILES string of the molecule is CCc1cccc(Oc2ccccn2)c1. The van der Waals surface area contributed by atoms with Gasteiger partial charge in [-0.15, -0.1) is 0 Å². The largest absolute Gasteiger partial charge is 0.439 e. The van der Waals surface area contributed by atoms with Crippen LogP contribution in [0.2, 0.25) is 0 Å². The third-order valence-corrected chi connectivity index (χ3v) is 2.17. The number of benzene rings is 1. The highest BCUT2D eigenvalue weighted by atomic mass is 16.5. The van der Waals surface area contributed by atoms with Crippen molar-refractivity contribution in [2.75, 3.05) is 0 Å². The maximum absolute atomic E-state index is 5.61. The number of ether oxygens (including phenoxy) is 1. The van der Waals surface area contributed by atoms with E-state index in [1.165, 1.54) is 5.56 Å². The molecule has 0 aliphatic rings. The van der Waals surface area contributed by atoms with Gasteiger partial charge in [0.15, 0.2) is 0 Å². The molecular formula is C13H13NO. The lowest BCUT2D eigenvalue weighted by atomic mass is 10.2. The number of aromatic nitrogens is 1. The van der Waals surface area contributed by atoms with Crippen LogP contribution in [0.3, 0.4) is 0 Å². The zero-order valence-electron chi connectivity index (χ0n) is 8.68. The number of rotatable bonds is 3. The van der Waals surface area contributed by atoms with Crippen LogP contribution in [0, 0.1) is 0 Å². The molecule has 1 heterocycles. The van der Waals surface area contributed by atoms with Crippen molar-refractivity contribution in [3.05, 3.63) is 54.2 Å².